The van der Waals surface area contributed by atoms with E-state index in [1.807, 2.05) is 18.2 Å². The van der Waals surface area contributed by atoms with Crippen molar-refractivity contribution in [3.63, 3.8) is 0 Å². The molecular formula is C23H22N2O. The highest BCUT2D eigenvalue weighted by Crippen LogP contribution is 2.36. The van der Waals surface area contributed by atoms with Gasteiger partial charge in [0.15, 0.2) is 0 Å². The van der Waals surface area contributed by atoms with Gasteiger partial charge in [-0.3, -0.25) is 5.01 Å². The Morgan fingerprint density at radius 2 is 1.69 bits per heavy atom. The first-order valence-electron chi connectivity index (χ1n) is 8.87. The van der Waals surface area contributed by atoms with Gasteiger partial charge in [-0.05, 0) is 54.4 Å². The van der Waals surface area contributed by atoms with Crippen molar-refractivity contribution in [2.24, 2.45) is 5.10 Å². The van der Waals surface area contributed by atoms with Crippen LogP contribution >= 0.6 is 0 Å². The average molecular weight is 342 g/mol. The third-order valence-corrected chi connectivity index (χ3v) is 4.78. The monoisotopic (exact) mass is 342 g/mol. The molecule has 26 heavy (non-hydrogen) atoms. The summed E-state index contributed by atoms with van der Waals surface area (Å²) in [6.45, 7) is 2.14. The van der Waals surface area contributed by atoms with Crippen LogP contribution in [0.4, 0.5) is 5.69 Å². The van der Waals surface area contributed by atoms with Gasteiger partial charge in [0, 0.05) is 6.42 Å². The third kappa shape index (κ3) is 3.21. The molecule has 130 valence electrons. The standard InChI is InChI=1S/C23H22N2O/c1-17-7-6-8-19(15-17)23-16-22(18-11-13-21(26-2)14-12-18)24-25(23)20-9-4-3-5-10-20/h3-15,23H,16H2,1-2H3. The summed E-state index contributed by atoms with van der Waals surface area (Å²) in [6, 6.07) is 27.4. The first-order valence-corrected chi connectivity index (χ1v) is 8.87. The molecular weight excluding hydrogens is 320 g/mol. The minimum Gasteiger partial charge on any atom is -0.497 e. The van der Waals surface area contributed by atoms with Gasteiger partial charge in [0.25, 0.3) is 0 Å². The van der Waals surface area contributed by atoms with Gasteiger partial charge >= 0.3 is 0 Å². The molecule has 0 spiro atoms. The highest BCUT2D eigenvalue weighted by atomic mass is 16.5. The summed E-state index contributed by atoms with van der Waals surface area (Å²) < 4.78 is 5.28. The predicted molar refractivity (Wildman–Crippen MR) is 107 cm³/mol. The molecule has 0 fully saturated rings. The summed E-state index contributed by atoms with van der Waals surface area (Å²) in [5.74, 6) is 0.863. The number of aryl methyl sites for hydroxylation is 1. The second-order valence-electron chi connectivity index (χ2n) is 6.59. The number of hydrogen-bond acceptors (Lipinski definition) is 3. The van der Waals surface area contributed by atoms with Gasteiger partial charge in [0.1, 0.15) is 5.75 Å². The van der Waals surface area contributed by atoms with E-state index < -0.39 is 0 Å². The summed E-state index contributed by atoms with van der Waals surface area (Å²) >= 11 is 0. The van der Waals surface area contributed by atoms with Gasteiger partial charge in [-0.25, -0.2) is 0 Å². The SMILES string of the molecule is COc1ccc(C2=NN(c3ccccc3)C(c3cccc(C)c3)C2)cc1. The summed E-state index contributed by atoms with van der Waals surface area (Å²) in [5, 5.41) is 7.13. The van der Waals surface area contributed by atoms with Crippen molar-refractivity contribution in [1.29, 1.82) is 0 Å². The van der Waals surface area contributed by atoms with Crippen LogP contribution in [0.2, 0.25) is 0 Å². The first kappa shape index (κ1) is 16.4. The molecule has 0 saturated heterocycles. The van der Waals surface area contributed by atoms with E-state index in [1.165, 1.54) is 11.1 Å². The second kappa shape index (κ2) is 7.04. The molecule has 4 rings (SSSR count). The lowest BCUT2D eigenvalue weighted by Gasteiger charge is -2.24. The van der Waals surface area contributed by atoms with Crippen LogP contribution < -0.4 is 9.75 Å². The Labute approximate surface area is 154 Å². The van der Waals surface area contributed by atoms with Crippen LogP contribution in [0.5, 0.6) is 5.75 Å². The molecule has 0 radical (unpaired) electrons. The van der Waals surface area contributed by atoms with Crippen molar-refractivity contribution in [2.45, 2.75) is 19.4 Å². The molecule has 0 bridgehead atoms. The molecule has 3 aromatic rings. The molecule has 1 unspecified atom stereocenters. The molecule has 0 aromatic heterocycles. The van der Waals surface area contributed by atoms with Crippen LogP contribution in [-0.2, 0) is 0 Å². The zero-order chi connectivity index (χ0) is 17.9. The lowest BCUT2D eigenvalue weighted by Crippen LogP contribution is -2.18. The third-order valence-electron chi connectivity index (χ3n) is 4.78. The summed E-state index contributed by atoms with van der Waals surface area (Å²) in [5.41, 5.74) is 5.92. The van der Waals surface area contributed by atoms with E-state index in [4.69, 9.17) is 9.84 Å². The van der Waals surface area contributed by atoms with Crippen LogP contribution in [-0.4, -0.2) is 12.8 Å². The number of hydrazone groups is 1. The number of para-hydroxylation sites is 1. The van der Waals surface area contributed by atoms with E-state index in [2.05, 4.69) is 72.6 Å². The topological polar surface area (TPSA) is 24.8 Å². The van der Waals surface area contributed by atoms with Crippen LogP contribution in [0, 0.1) is 6.92 Å². The van der Waals surface area contributed by atoms with Gasteiger partial charge in [-0.1, -0.05) is 48.0 Å². The molecule has 0 amide bonds. The number of rotatable bonds is 4. The van der Waals surface area contributed by atoms with Crippen molar-refractivity contribution in [1.82, 2.24) is 0 Å². The molecule has 1 heterocycles. The maximum atomic E-state index is 5.28. The van der Waals surface area contributed by atoms with Crippen molar-refractivity contribution in [3.8, 4) is 5.75 Å². The van der Waals surface area contributed by atoms with E-state index in [0.717, 1.165) is 29.1 Å². The zero-order valence-electron chi connectivity index (χ0n) is 15.1. The Morgan fingerprint density at radius 3 is 2.38 bits per heavy atom. The van der Waals surface area contributed by atoms with Gasteiger partial charge in [-0.2, -0.15) is 5.10 Å². The van der Waals surface area contributed by atoms with Crippen molar-refractivity contribution >= 4 is 11.4 Å². The fourth-order valence-corrected chi connectivity index (χ4v) is 3.42. The normalized spacial score (nSPS) is 16.5. The average Bonchev–Trinajstić information content (AvgIpc) is 3.14. The maximum absolute atomic E-state index is 5.28. The predicted octanol–water partition coefficient (Wildman–Crippen LogP) is 5.36. The number of ether oxygens (including phenoxy) is 1. The lowest BCUT2D eigenvalue weighted by atomic mass is 9.97. The fourth-order valence-electron chi connectivity index (χ4n) is 3.42. The molecule has 0 saturated carbocycles. The molecule has 0 N–H and O–H groups in total. The van der Waals surface area contributed by atoms with E-state index in [1.54, 1.807) is 7.11 Å². The maximum Gasteiger partial charge on any atom is 0.118 e. The highest BCUT2D eigenvalue weighted by Gasteiger charge is 2.29. The van der Waals surface area contributed by atoms with Crippen molar-refractivity contribution in [2.75, 3.05) is 12.1 Å². The van der Waals surface area contributed by atoms with Crippen LogP contribution in [0.3, 0.4) is 0 Å². The second-order valence-corrected chi connectivity index (χ2v) is 6.59. The van der Waals surface area contributed by atoms with Crippen LogP contribution in [0.1, 0.15) is 29.2 Å². The summed E-state index contributed by atoms with van der Waals surface area (Å²) in [4.78, 5) is 0. The number of methoxy groups -OCH3 is 1. The number of nitrogens with zero attached hydrogens (tertiary/aromatic N) is 2. The first-order chi connectivity index (χ1) is 12.7. The van der Waals surface area contributed by atoms with E-state index >= 15 is 0 Å². The molecule has 3 aromatic carbocycles. The Hall–Kier alpha value is -3.07. The summed E-state index contributed by atoms with van der Waals surface area (Å²) in [7, 11) is 1.69. The molecule has 1 aliphatic heterocycles. The molecule has 1 aliphatic rings. The van der Waals surface area contributed by atoms with E-state index in [0.29, 0.717) is 0 Å². The Bertz CT molecular complexity index is 916. The lowest BCUT2D eigenvalue weighted by molar-refractivity contribution is 0.415. The molecule has 0 aliphatic carbocycles. The smallest absolute Gasteiger partial charge is 0.118 e. The van der Waals surface area contributed by atoms with Crippen molar-refractivity contribution in [3.05, 3.63) is 95.6 Å². The Balaban J connectivity index is 1.72. The molecule has 3 nitrogen and oxygen atoms in total. The van der Waals surface area contributed by atoms with E-state index in [-0.39, 0.29) is 6.04 Å². The molecule has 1 atom stereocenters. The van der Waals surface area contributed by atoms with Crippen LogP contribution in [0.25, 0.3) is 0 Å². The number of benzene rings is 3. The molecule has 3 heteroatoms. The Morgan fingerprint density at radius 1 is 0.923 bits per heavy atom. The minimum absolute atomic E-state index is 0.203. The van der Waals surface area contributed by atoms with Gasteiger partial charge in [0.05, 0.1) is 24.6 Å². The Kier molecular flexibility index (Phi) is 4.44. The summed E-state index contributed by atoms with van der Waals surface area (Å²) in [6.07, 6.45) is 0.880. The van der Waals surface area contributed by atoms with Crippen molar-refractivity contribution < 1.29 is 4.74 Å². The minimum atomic E-state index is 0.203. The largest absolute Gasteiger partial charge is 0.497 e. The van der Waals surface area contributed by atoms with Gasteiger partial charge in [0.2, 0.25) is 0 Å². The van der Waals surface area contributed by atoms with Crippen LogP contribution in [0.15, 0.2) is 84.0 Å². The van der Waals surface area contributed by atoms with Gasteiger partial charge < -0.3 is 4.74 Å². The van der Waals surface area contributed by atoms with E-state index in [9.17, 15) is 0 Å². The van der Waals surface area contributed by atoms with Gasteiger partial charge in [-0.15, -0.1) is 0 Å². The zero-order valence-corrected chi connectivity index (χ0v) is 15.1. The fraction of sp³-hybridized carbons (Fsp3) is 0.174. The number of hydrogen-bond donors (Lipinski definition) is 0. The quantitative estimate of drug-likeness (QED) is 0.637. The number of anilines is 1. The highest BCUT2D eigenvalue weighted by molar-refractivity contribution is 6.03.